The first-order valence-corrected chi connectivity index (χ1v) is 9.65. The minimum Gasteiger partial charge on any atom is -0.493 e. The van der Waals surface area contributed by atoms with E-state index in [-0.39, 0.29) is 23.8 Å². The summed E-state index contributed by atoms with van der Waals surface area (Å²) in [5.74, 6) is 2.25. The van der Waals surface area contributed by atoms with Crippen molar-refractivity contribution >= 4 is 5.97 Å². The number of esters is 1. The summed E-state index contributed by atoms with van der Waals surface area (Å²) in [6.07, 6.45) is 1.04. The van der Waals surface area contributed by atoms with Gasteiger partial charge in [0.05, 0.1) is 34.3 Å². The highest BCUT2D eigenvalue weighted by Crippen LogP contribution is 2.40. The summed E-state index contributed by atoms with van der Waals surface area (Å²) < 4.78 is 21.3. The number of fused-ring (bicyclic) bond motifs is 1. The molecule has 0 bridgehead atoms. The van der Waals surface area contributed by atoms with Crippen LogP contribution in [0.1, 0.15) is 56.1 Å². The molecule has 8 heteroatoms. The van der Waals surface area contributed by atoms with Gasteiger partial charge in [-0.05, 0) is 29.7 Å². The Bertz CT molecular complexity index is 872. The van der Waals surface area contributed by atoms with E-state index in [0.717, 1.165) is 24.1 Å². The average molecular weight is 403 g/mol. The van der Waals surface area contributed by atoms with Crippen LogP contribution in [0.3, 0.4) is 0 Å². The molecule has 3 rings (SSSR count). The minimum absolute atomic E-state index is 0.178. The summed E-state index contributed by atoms with van der Waals surface area (Å²) >= 11 is 0. The lowest BCUT2D eigenvalue weighted by atomic mass is 9.90. The van der Waals surface area contributed by atoms with Crippen molar-refractivity contribution in [3.05, 3.63) is 35.0 Å². The fourth-order valence-electron chi connectivity index (χ4n) is 3.55. The third kappa shape index (κ3) is 4.53. The third-order valence-corrected chi connectivity index (χ3v) is 5.16. The van der Waals surface area contributed by atoms with Gasteiger partial charge in [0, 0.05) is 18.0 Å². The maximum absolute atomic E-state index is 12.1. The topological polar surface area (TPSA) is 86.9 Å². The Hall–Kier alpha value is -2.61. The van der Waals surface area contributed by atoms with E-state index in [4.69, 9.17) is 18.7 Å². The molecule has 158 valence electrons. The molecule has 0 saturated heterocycles. The lowest BCUT2D eigenvalue weighted by Crippen LogP contribution is -2.36. The summed E-state index contributed by atoms with van der Waals surface area (Å²) in [7, 11) is 4.63. The molecule has 0 spiro atoms. The van der Waals surface area contributed by atoms with E-state index < -0.39 is 0 Å². The van der Waals surface area contributed by atoms with Crippen LogP contribution in [0.25, 0.3) is 0 Å². The van der Waals surface area contributed by atoms with Crippen molar-refractivity contribution in [1.29, 1.82) is 0 Å². The normalized spacial score (nSPS) is 17.0. The van der Waals surface area contributed by atoms with Crippen LogP contribution in [0.15, 0.2) is 16.7 Å². The molecule has 0 amide bonds. The molecule has 8 nitrogen and oxygen atoms in total. The Morgan fingerprint density at radius 3 is 2.48 bits per heavy atom. The second kappa shape index (κ2) is 8.41. The van der Waals surface area contributed by atoms with Crippen LogP contribution in [0.2, 0.25) is 0 Å². The van der Waals surface area contributed by atoms with Gasteiger partial charge in [0.25, 0.3) is 0 Å². The van der Waals surface area contributed by atoms with Crippen LogP contribution in [0, 0.1) is 0 Å². The first-order chi connectivity index (χ1) is 13.8. The zero-order valence-corrected chi connectivity index (χ0v) is 17.9. The van der Waals surface area contributed by atoms with E-state index in [2.05, 4.69) is 15.0 Å². The second-order valence-electron chi connectivity index (χ2n) is 8.19. The minimum atomic E-state index is -0.272. The highest BCUT2D eigenvalue weighted by Gasteiger charge is 2.32. The summed E-state index contributed by atoms with van der Waals surface area (Å²) in [5.41, 5.74) is 1.95. The maximum Gasteiger partial charge on any atom is 0.307 e. The number of carbonyl (C=O) groups excluding carboxylic acids is 1. The molecule has 0 radical (unpaired) electrons. The lowest BCUT2D eigenvalue weighted by molar-refractivity contribution is -0.142. The largest absolute Gasteiger partial charge is 0.493 e. The van der Waals surface area contributed by atoms with Gasteiger partial charge in [0.15, 0.2) is 17.3 Å². The van der Waals surface area contributed by atoms with Gasteiger partial charge < -0.3 is 18.7 Å². The van der Waals surface area contributed by atoms with Gasteiger partial charge in [0.1, 0.15) is 0 Å². The monoisotopic (exact) mass is 403 g/mol. The molecule has 1 aromatic heterocycles. The molecule has 2 heterocycles. The van der Waals surface area contributed by atoms with Gasteiger partial charge in [-0.3, -0.25) is 9.69 Å². The first kappa shape index (κ1) is 21.1. The number of aromatic nitrogens is 2. The standard InChI is InChI=1S/C21H29N3O5/c1-21(2,3)20-22-18(23-29-20)12-24-8-7-13-9-16(26-4)17(27-5)10-14(13)15(24)11-19(25)28-6/h9-10,15H,7-8,11-12H2,1-6H3. The smallest absolute Gasteiger partial charge is 0.307 e. The van der Waals surface area contributed by atoms with Crippen molar-refractivity contribution in [1.82, 2.24) is 15.0 Å². The maximum atomic E-state index is 12.1. The van der Waals surface area contributed by atoms with Crippen molar-refractivity contribution in [2.45, 2.75) is 51.6 Å². The van der Waals surface area contributed by atoms with Gasteiger partial charge in [-0.15, -0.1) is 0 Å². The summed E-state index contributed by atoms with van der Waals surface area (Å²) in [6.45, 7) is 7.32. The van der Waals surface area contributed by atoms with Crippen LogP contribution in [-0.4, -0.2) is 48.9 Å². The average Bonchev–Trinajstić information content (AvgIpc) is 3.17. The highest BCUT2D eigenvalue weighted by molar-refractivity contribution is 5.70. The SMILES string of the molecule is COC(=O)CC1c2cc(OC)c(OC)cc2CCN1Cc1noc(C(C)(C)C)n1. The molecular formula is C21H29N3O5. The van der Waals surface area contributed by atoms with Crippen LogP contribution in [0.4, 0.5) is 0 Å². The molecule has 2 aromatic rings. The van der Waals surface area contributed by atoms with E-state index in [9.17, 15) is 4.79 Å². The molecule has 1 unspecified atom stereocenters. The van der Waals surface area contributed by atoms with Gasteiger partial charge in [0.2, 0.25) is 5.89 Å². The van der Waals surface area contributed by atoms with Gasteiger partial charge >= 0.3 is 5.97 Å². The predicted octanol–water partition coefficient (Wildman–Crippen LogP) is 3.05. The van der Waals surface area contributed by atoms with E-state index >= 15 is 0 Å². The van der Waals surface area contributed by atoms with Crippen molar-refractivity contribution in [3.63, 3.8) is 0 Å². The van der Waals surface area contributed by atoms with Crippen LogP contribution < -0.4 is 9.47 Å². The van der Waals surface area contributed by atoms with E-state index in [0.29, 0.717) is 29.8 Å². The molecule has 0 aliphatic carbocycles. The molecule has 1 aliphatic rings. The van der Waals surface area contributed by atoms with Crippen molar-refractivity contribution in [2.75, 3.05) is 27.9 Å². The summed E-state index contributed by atoms with van der Waals surface area (Å²) in [6, 6.07) is 3.76. The number of benzene rings is 1. The van der Waals surface area contributed by atoms with Gasteiger partial charge in [-0.1, -0.05) is 25.9 Å². The predicted molar refractivity (Wildman–Crippen MR) is 106 cm³/mol. The first-order valence-electron chi connectivity index (χ1n) is 9.65. The number of rotatable bonds is 6. The molecule has 1 atom stereocenters. The molecule has 0 saturated carbocycles. The number of hydrogen-bond donors (Lipinski definition) is 0. The number of hydrogen-bond acceptors (Lipinski definition) is 8. The van der Waals surface area contributed by atoms with E-state index in [1.807, 2.05) is 32.9 Å². The Morgan fingerprint density at radius 2 is 1.90 bits per heavy atom. The van der Waals surface area contributed by atoms with Crippen LogP contribution in [0.5, 0.6) is 11.5 Å². The number of methoxy groups -OCH3 is 3. The molecular weight excluding hydrogens is 374 g/mol. The summed E-state index contributed by atoms with van der Waals surface area (Å²) in [4.78, 5) is 18.9. The van der Waals surface area contributed by atoms with Crippen LogP contribution >= 0.6 is 0 Å². The van der Waals surface area contributed by atoms with E-state index in [1.54, 1.807) is 14.2 Å². The molecule has 0 fully saturated rings. The summed E-state index contributed by atoms with van der Waals surface area (Å²) in [5, 5.41) is 4.14. The number of carbonyl (C=O) groups is 1. The fraction of sp³-hybridized carbons (Fsp3) is 0.571. The zero-order chi connectivity index (χ0) is 21.2. The Kier molecular flexibility index (Phi) is 6.12. The quantitative estimate of drug-likeness (QED) is 0.680. The molecule has 1 aliphatic heterocycles. The van der Waals surface area contributed by atoms with Gasteiger partial charge in [-0.25, -0.2) is 0 Å². The fourth-order valence-corrected chi connectivity index (χ4v) is 3.55. The Labute approximate surface area is 171 Å². The Morgan fingerprint density at radius 1 is 1.21 bits per heavy atom. The Balaban J connectivity index is 1.93. The van der Waals surface area contributed by atoms with Crippen molar-refractivity contribution in [3.8, 4) is 11.5 Å². The molecule has 1 aromatic carbocycles. The third-order valence-electron chi connectivity index (χ3n) is 5.16. The highest BCUT2D eigenvalue weighted by atomic mass is 16.5. The number of nitrogens with zero attached hydrogens (tertiary/aromatic N) is 3. The van der Waals surface area contributed by atoms with Gasteiger partial charge in [-0.2, -0.15) is 4.98 Å². The van der Waals surface area contributed by atoms with Crippen molar-refractivity contribution in [2.24, 2.45) is 0 Å². The second-order valence-corrected chi connectivity index (χ2v) is 8.19. The van der Waals surface area contributed by atoms with Crippen molar-refractivity contribution < 1.29 is 23.5 Å². The van der Waals surface area contributed by atoms with E-state index in [1.165, 1.54) is 7.11 Å². The zero-order valence-electron chi connectivity index (χ0n) is 17.9. The molecule has 29 heavy (non-hydrogen) atoms. The number of ether oxygens (including phenoxy) is 3. The molecule has 0 N–H and O–H groups in total. The lowest BCUT2D eigenvalue weighted by Gasteiger charge is -2.36. The van der Waals surface area contributed by atoms with Crippen LogP contribution in [-0.2, 0) is 27.9 Å².